The molecular weight excluding hydrogens is 360 g/mol. The molecule has 1 heterocycles. The number of benzene rings is 2. The van der Waals surface area contributed by atoms with E-state index in [4.69, 9.17) is 14.5 Å². The fourth-order valence-corrected chi connectivity index (χ4v) is 3.75. The van der Waals surface area contributed by atoms with E-state index >= 15 is 0 Å². The lowest BCUT2D eigenvalue weighted by Gasteiger charge is -2.09. The van der Waals surface area contributed by atoms with Crippen LogP contribution < -0.4 is 9.47 Å². The highest BCUT2D eigenvalue weighted by Gasteiger charge is 2.30. The van der Waals surface area contributed by atoms with Gasteiger partial charge in [-0.15, -0.1) is 0 Å². The Labute approximate surface area is 163 Å². The number of hydrogen-bond acceptors (Lipinski definition) is 5. The lowest BCUT2D eigenvalue weighted by Crippen LogP contribution is -2.23. The second kappa shape index (κ2) is 8.31. The molecule has 1 saturated heterocycles. The number of likely N-dealkylation sites (N-methyl/N-ethyl adjacent to an activating group) is 1. The first-order valence-electron chi connectivity index (χ1n) is 8.63. The van der Waals surface area contributed by atoms with Gasteiger partial charge in [0.05, 0.1) is 24.8 Å². The smallest absolute Gasteiger partial charge is 0.266 e. The van der Waals surface area contributed by atoms with Gasteiger partial charge >= 0.3 is 0 Å². The second-order valence-corrected chi connectivity index (χ2v) is 6.97. The summed E-state index contributed by atoms with van der Waals surface area (Å²) in [5.74, 6) is 1.21. The van der Waals surface area contributed by atoms with Gasteiger partial charge in [0.1, 0.15) is 0 Å². The minimum atomic E-state index is -0.0671. The molecule has 140 valence electrons. The second-order valence-electron chi connectivity index (χ2n) is 5.97. The summed E-state index contributed by atoms with van der Waals surface area (Å²) in [4.78, 5) is 19.6. The molecule has 1 fully saturated rings. The number of aryl methyl sites for hydroxylation is 1. The van der Waals surface area contributed by atoms with Crippen molar-refractivity contribution in [2.24, 2.45) is 4.99 Å². The van der Waals surface area contributed by atoms with E-state index in [0.717, 1.165) is 23.2 Å². The Hall–Kier alpha value is -2.73. The first-order chi connectivity index (χ1) is 13.1. The Morgan fingerprint density at radius 3 is 2.56 bits per heavy atom. The fraction of sp³-hybridized carbons (Fsp3) is 0.238. The summed E-state index contributed by atoms with van der Waals surface area (Å²) >= 11 is 1.37. The fourth-order valence-electron chi connectivity index (χ4n) is 2.77. The number of hydrogen-bond donors (Lipinski definition) is 0. The van der Waals surface area contributed by atoms with Gasteiger partial charge in [-0.3, -0.25) is 9.69 Å². The van der Waals surface area contributed by atoms with Crippen LogP contribution in [0.15, 0.2) is 52.4 Å². The average molecular weight is 382 g/mol. The molecule has 2 aromatic rings. The summed E-state index contributed by atoms with van der Waals surface area (Å²) in [6, 6.07) is 13.6. The van der Waals surface area contributed by atoms with E-state index in [1.54, 1.807) is 26.2 Å². The molecule has 27 heavy (non-hydrogen) atoms. The predicted octanol–water partition coefficient (Wildman–Crippen LogP) is 4.50. The zero-order chi connectivity index (χ0) is 19.4. The minimum absolute atomic E-state index is 0.0671. The van der Waals surface area contributed by atoms with Gasteiger partial charge < -0.3 is 9.47 Å². The Balaban J connectivity index is 1.92. The number of nitrogens with zero attached hydrogens (tertiary/aromatic N) is 2. The molecule has 1 amide bonds. The van der Waals surface area contributed by atoms with E-state index in [-0.39, 0.29) is 5.91 Å². The molecule has 6 heteroatoms. The van der Waals surface area contributed by atoms with Crippen LogP contribution in [0.4, 0.5) is 5.69 Å². The SMILES string of the molecule is CCc1ccccc1N=C1S/C(=C/c2ccc(OC)c(OC)c2)C(=O)N1C. The summed E-state index contributed by atoms with van der Waals surface area (Å²) in [7, 11) is 4.93. The van der Waals surface area contributed by atoms with Gasteiger partial charge in [-0.05, 0) is 53.6 Å². The van der Waals surface area contributed by atoms with E-state index in [2.05, 4.69) is 13.0 Å². The first-order valence-corrected chi connectivity index (χ1v) is 9.45. The number of ether oxygens (including phenoxy) is 2. The normalized spacial score (nSPS) is 17.0. The average Bonchev–Trinajstić information content (AvgIpc) is 2.96. The summed E-state index contributed by atoms with van der Waals surface area (Å²) in [5, 5.41) is 0.674. The number of methoxy groups -OCH3 is 2. The summed E-state index contributed by atoms with van der Waals surface area (Å²) in [6.07, 6.45) is 2.74. The maximum absolute atomic E-state index is 12.6. The molecule has 1 aliphatic rings. The van der Waals surface area contributed by atoms with Crippen molar-refractivity contribution in [2.75, 3.05) is 21.3 Å². The molecule has 0 atom stereocenters. The summed E-state index contributed by atoms with van der Waals surface area (Å²) in [6.45, 7) is 2.10. The van der Waals surface area contributed by atoms with Crippen LogP contribution in [0.25, 0.3) is 6.08 Å². The van der Waals surface area contributed by atoms with Crippen LogP contribution in [-0.2, 0) is 11.2 Å². The molecule has 5 nitrogen and oxygen atoms in total. The maximum atomic E-state index is 12.6. The van der Waals surface area contributed by atoms with Crippen molar-refractivity contribution in [1.82, 2.24) is 4.90 Å². The third-order valence-corrected chi connectivity index (χ3v) is 5.36. The van der Waals surface area contributed by atoms with Gasteiger partial charge in [0, 0.05) is 7.05 Å². The standard InChI is InChI=1S/C21H22N2O3S/c1-5-15-8-6-7-9-16(15)22-21-23(2)20(24)19(27-21)13-14-10-11-17(25-3)18(12-14)26-4/h6-13H,5H2,1-4H3/b19-13+,22-21?. The quantitative estimate of drug-likeness (QED) is 0.715. The number of carbonyl (C=O) groups excluding carboxylic acids is 1. The van der Waals surface area contributed by atoms with Crippen LogP contribution in [-0.4, -0.2) is 37.2 Å². The number of amidine groups is 1. The predicted molar refractivity (Wildman–Crippen MR) is 111 cm³/mol. The van der Waals surface area contributed by atoms with Crippen molar-refractivity contribution < 1.29 is 14.3 Å². The minimum Gasteiger partial charge on any atom is -0.493 e. The van der Waals surface area contributed by atoms with Crippen molar-refractivity contribution in [3.05, 3.63) is 58.5 Å². The van der Waals surface area contributed by atoms with Gasteiger partial charge in [0.25, 0.3) is 5.91 Å². The first kappa shape index (κ1) is 19.0. The third-order valence-electron chi connectivity index (χ3n) is 4.30. The highest BCUT2D eigenvalue weighted by Crippen LogP contribution is 2.35. The Kier molecular flexibility index (Phi) is 5.86. The molecule has 2 aromatic carbocycles. The van der Waals surface area contributed by atoms with Crippen LogP contribution in [0.5, 0.6) is 11.5 Å². The zero-order valence-corrected chi connectivity index (χ0v) is 16.7. The Bertz CT molecular complexity index is 921. The van der Waals surface area contributed by atoms with Gasteiger partial charge in [0.15, 0.2) is 16.7 Å². The number of rotatable bonds is 5. The largest absolute Gasteiger partial charge is 0.493 e. The van der Waals surface area contributed by atoms with Crippen molar-refractivity contribution in [2.45, 2.75) is 13.3 Å². The van der Waals surface area contributed by atoms with Gasteiger partial charge in [-0.25, -0.2) is 4.99 Å². The van der Waals surface area contributed by atoms with Crippen LogP contribution >= 0.6 is 11.8 Å². The van der Waals surface area contributed by atoms with Crippen LogP contribution in [0.2, 0.25) is 0 Å². The molecule has 0 aromatic heterocycles. The lowest BCUT2D eigenvalue weighted by atomic mass is 10.1. The number of carbonyl (C=O) groups is 1. The zero-order valence-electron chi connectivity index (χ0n) is 15.9. The van der Waals surface area contributed by atoms with E-state index in [0.29, 0.717) is 21.6 Å². The molecule has 1 aliphatic heterocycles. The third kappa shape index (κ3) is 4.01. The molecule has 0 N–H and O–H groups in total. The van der Waals surface area contributed by atoms with Gasteiger partial charge in [-0.2, -0.15) is 0 Å². The van der Waals surface area contributed by atoms with E-state index < -0.39 is 0 Å². The van der Waals surface area contributed by atoms with E-state index in [9.17, 15) is 4.79 Å². The van der Waals surface area contributed by atoms with Gasteiger partial charge in [0.2, 0.25) is 0 Å². The number of amides is 1. The van der Waals surface area contributed by atoms with Crippen LogP contribution in [0.3, 0.4) is 0 Å². The molecule has 0 aliphatic carbocycles. The molecule has 0 saturated carbocycles. The highest BCUT2D eigenvalue weighted by molar-refractivity contribution is 8.18. The lowest BCUT2D eigenvalue weighted by molar-refractivity contribution is -0.121. The van der Waals surface area contributed by atoms with Crippen molar-refractivity contribution in [3.63, 3.8) is 0 Å². The Morgan fingerprint density at radius 1 is 1.11 bits per heavy atom. The van der Waals surface area contributed by atoms with Crippen molar-refractivity contribution >= 4 is 34.6 Å². The highest BCUT2D eigenvalue weighted by atomic mass is 32.2. The van der Waals surface area contributed by atoms with Crippen LogP contribution in [0, 0.1) is 0 Å². The summed E-state index contributed by atoms with van der Waals surface area (Å²) < 4.78 is 10.6. The number of para-hydroxylation sites is 1. The molecule has 0 bridgehead atoms. The monoisotopic (exact) mass is 382 g/mol. The van der Waals surface area contributed by atoms with Crippen molar-refractivity contribution in [3.8, 4) is 11.5 Å². The Morgan fingerprint density at radius 2 is 1.85 bits per heavy atom. The summed E-state index contributed by atoms with van der Waals surface area (Å²) in [5.41, 5.74) is 2.92. The molecule has 0 unspecified atom stereocenters. The topological polar surface area (TPSA) is 51.1 Å². The number of aliphatic imine (C=N–C) groups is 1. The molecule has 0 radical (unpaired) electrons. The molecular formula is C21H22N2O3S. The molecule has 3 rings (SSSR count). The van der Waals surface area contributed by atoms with Crippen LogP contribution in [0.1, 0.15) is 18.1 Å². The van der Waals surface area contributed by atoms with Crippen molar-refractivity contribution in [1.29, 1.82) is 0 Å². The van der Waals surface area contributed by atoms with E-state index in [1.165, 1.54) is 11.8 Å². The molecule has 0 spiro atoms. The maximum Gasteiger partial charge on any atom is 0.266 e. The van der Waals surface area contributed by atoms with E-state index in [1.807, 2.05) is 42.5 Å². The number of thioether (sulfide) groups is 1. The van der Waals surface area contributed by atoms with Gasteiger partial charge in [-0.1, -0.05) is 31.2 Å².